The van der Waals surface area contributed by atoms with Gasteiger partial charge in [-0.3, -0.25) is 0 Å². The molecule has 0 bridgehead atoms. The summed E-state index contributed by atoms with van der Waals surface area (Å²) in [6.45, 7) is 11.8. The van der Waals surface area contributed by atoms with Gasteiger partial charge in [0, 0.05) is 5.57 Å². The molecule has 0 amide bonds. The molecule has 0 aliphatic heterocycles. The molecule has 1 rings (SSSR count). The molecule has 0 aromatic rings. The van der Waals surface area contributed by atoms with E-state index in [-0.39, 0.29) is 11.6 Å². The van der Waals surface area contributed by atoms with Gasteiger partial charge in [0.05, 0.1) is 0 Å². The Bertz CT molecular complexity index is 268. The Labute approximate surface area is 92.7 Å². The van der Waals surface area contributed by atoms with E-state index >= 15 is 0 Å². The lowest BCUT2D eigenvalue weighted by Crippen LogP contribution is -2.42. The maximum atomic E-state index is 11.6. The van der Waals surface area contributed by atoms with Gasteiger partial charge in [0.2, 0.25) is 0 Å². The van der Waals surface area contributed by atoms with Crippen molar-refractivity contribution < 1.29 is 9.53 Å². The highest BCUT2D eigenvalue weighted by molar-refractivity contribution is 5.87. The van der Waals surface area contributed by atoms with E-state index in [4.69, 9.17) is 4.74 Å². The van der Waals surface area contributed by atoms with Crippen LogP contribution in [0.3, 0.4) is 0 Å². The van der Waals surface area contributed by atoms with Crippen molar-refractivity contribution in [2.45, 2.75) is 52.6 Å². The van der Waals surface area contributed by atoms with Crippen molar-refractivity contribution in [1.82, 2.24) is 0 Å². The lowest BCUT2D eigenvalue weighted by molar-refractivity contribution is -0.164. The lowest BCUT2D eigenvalue weighted by atomic mass is 9.81. The number of hydrogen-bond acceptors (Lipinski definition) is 2. The van der Waals surface area contributed by atoms with Crippen LogP contribution in [0.25, 0.3) is 0 Å². The Kier molecular flexibility index (Phi) is 3.58. The molecule has 0 aromatic heterocycles. The fraction of sp³-hybridized carbons (Fsp3) is 0.769. The largest absolute Gasteiger partial charge is 0.455 e. The fourth-order valence-electron chi connectivity index (χ4n) is 2.56. The summed E-state index contributed by atoms with van der Waals surface area (Å²) >= 11 is 0. The normalized spacial score (nSPS) is 30.6. The Balaban J connectivity index is 2.83. The number of carbonyl (C=O) groups excluding carboxylic acids is 1. The topological polar surface area (TPSA) is 26.3 Å². The highest BCUT2D eigenvalue weighted by Gasteiger charge is 2.46. The molecular weight excluding hydrogens is 188 g/mol. The second-order valence-electron chi connectivity index (χ2n) is 5.07. The first kappa shape index (κ1) is 12.3. The van der Waals surface area contributed by atoms with Gasteiger partial charge >= 0.3 is 5.97 Å². The van der Waals surface area contributed by atoms with Crippen LogP contribution in [0.15, 0.2) is 12.2 Å². The minimum absolute atomic E-state index is 0.238. The van der Waals surface area contributed by atoms with E-state index in [2.05, 4.69) is 27.4 Å². The molecule has 1 saturated carbocycles. The van der Waals surface area contributed by atoms with Gasteiger partial charge in [0.15, 0.2) is 0 Å². The molecule has 0 saturated heterocycles. The first-order chi connectivity index (χ1) is 6.90. The smallest absolute Gasteiger partial charge is 0.333 e. The number of ether oxygens (including phenoxy) is 1. The van der Waals surface area contributed by atoms with E-state index in [0.29, 0.717) is 17.4 Å². The minimum Gasteiger partial charge on any atom is -0.455 e. The van der Waals surface area contributed by atoms with E-state index in [1.54, 1.807) is 6.92 Å². The molecule has 0 spiro atoms. The third-order valence-corrected chi connectivity index (χ3v) is 3.65. The van der Waals surface area contributed by atoms with Crippen LogP contribution in [0, 0.1) is 11.8 Å². The maximum absolute atomic E-state index is 11.6. The fourth-order valence-corrected chi connectivity index (χ4v) is 2.56. The first-order valence-corrected chi connectivity index (χ1v) is 5.79. The maximum Gasteiger partial charge on any atom is 0.333 e. The molecule has 2 nitrogen and oxygen atoms in total. The Morgan fingerprint density at radius 3 is 2.47 bits per heavy atom. The summed E-state index contributed by atoms with van der Waals surface area (Å²) in [7, 11) is 0. The van der Waals surface area contributed by atoms with Crippen molar-refractivity contribution >= 4 is 5.97 Å². The summed E-state index contributed by atoms with van der Waals surface area (Å²) in [6, 6.07) is 0. The number of esters is 1. The Morgan fingerprint density at radius 1 is 1.53 bits per heavy atom. The molecule has 2 unspecified atom stereocenters. The van der Waals surface area contributed by atoms with E-state index in [1.807, 2.05) is 0 Å². The van der Waals surface area contributed by atoms with Crippen LogP contribution in [-0.4, -0.2) is 11.6 Å². The van der Waals surface area contributed by atoms with Crippen LogP contribution in [0.4, 0.5) is 0 Å². The van der Waals surface area contributed by atoms with Crippen molar-refractivity contribution in [1.29, 1.82) is 0 Å². The first-order valence-electron chi connectivity index (χ1n) is 5.79. The summed E-state index contributed by atoms with van der Waals surface area (Å²) in [5, 5.41) is 0. The molecule has 2 heteroatoms. The van der Waals surface area contributed by atoms with Gasteiger partial charge in [-0.15, -0.1) is 0 Å². The molecule has 1 aliphatic carbocycles. The van der Waals surface area contributed by atoms with Gasteiger partial charge in [-0.2, -0.15) is 0 Å². The van der Waals surface area contributed by atoms with Crippen molar-refractivity contribution in [2.75, 3.05) is 0 Å². The molecule has 15 heavy (non-hydrogen) atoms. The highest BCUT2D eigenvalue weighted by Crippen LogP contribution is 2.44. The van der Waals surface area contributed by atoms with Crippen molar-refractivity contribution in [3.8, 4) is 0 Å². The van der Waals surface area contributed by atoms with Crippen LogP contribution in [0.1, 0.15) is 47.0 Å². The van der Waals surface area contributed by atoms with E-state index in [9.17, 15) is 4.79 Å². The molecule has 1 aliphatic rings. The van der Waals surface area contributed by atoms with Crippen LogP contribution >= 0.6 is 0 Å². The lowest BCUT2D eigenvalue weighted by Gasteiger charge is -2.37. The predicted molar refractivity (Wildman–Crippen MR) is 61.5 cm³/mol. The summed E-state index contributed by atoms with van der Waals surface area (Å²) in [6.07, 6.45) is 3.30. The summed E-state index contributed by atoms with van der Waals surface area (Å²) in [5.74, 6) is 0.594. The zero-order valence-electron chi connectivity index (χ0n) is 10.3. The molecule has 2 atom stereocenters. The van der Waals surface area contributed by atoms with Gasteiger partial charge in [-0.25, -0.2) is 4.79 Å². The molecule has 86 valence electrons. The average Bonchev–Trinajstić information content (AvgIpc) is 2.48. The third kappa shape index (κ3) is 2.24. The zero-order valence-corrected chi connectivity index (χ0v) is 10.3. The monoisotopic (exact) mass is 210 g/mol. The van der Waals surface area contributed by atoms with Crippen LogP contribution in [-0.2, 0) is 9.53 Å². The van der Waals surface area contributed by atoms with Crippen molar-refractivity contribution in [2.24, 2.45) is 11.8 Å². The number of carbonyl (C=O) groups is 1. The van der Waals surface area contributed by atoms with Crippen LogP contribution in [0.5, 0.6) is 0 Å². The van der Waals surface area contributed by atoms with Crippen molar-refractivity contribution in [3.05, 3.63) is 12.2 Å². The summed E-state index contributed by atoms with van der Waals surface area (Å²) in [4.78, 5) is 11.6. The van der Waals surface area contributed by atoms with Crippen molar-refractivity contribution in [3.63, 3.8) is 0 Å². The van der Waals surface area contributed by atoms with E-state index in [1.165, 1.54) is 0 Å². The molecule has 0 heterocycles. The Morgan fingerprint density at radius 2 is 2.13 bits per heavy atom. The van der Waals surface area contributed by atoms with Gasteiger partial charge in [-0.1, -0.05) is 27.4 Å². The SMILES string of the molecule is C=C(C)C(=O)OC1(C(C)C)CCCC1C. The van der Waals surface area contributed by atoms with Gasteiger partial charge in [0.1, 0.15) is 5.60 Å². The summed E-state index contributed by atoms with van der Waals surface area (Å²) < 4.78 is 5.70. The molecular formula is C13H22O2. The zero-order chi connectivity index (χ0) is 11.6. The molecule has 0 radical (unpaired) electrons. The number of rotatable bonds is 3. The number of hydrogen-bond donors (Lipinski definition) is 0. The van der Waals surface area contributed by atoms with E-state index < -0.39 is 0 Å². The predicted octanol–water partition coefficient (Wildman–Crippen LogP) is 3.32. The Hall–Kier alpha value is -0.790. The summed E-state index contributed by atoms with van der Waals surface area (Å²) in [5.41, 5.74) is 0.241. The average molecular weight is 210 g/mol. The highest BCUT2D eigenvalue weighted by atomic mass is 16.6. The standard InChI is InChI=1S/C13H22O2/c1-9(2)12(14)15-13(10(3)4)8-6-7-11(13)5/h10-11H,1,6-8H2,2-5H3. The minimum atomic E-state index is -0.254. The van der Waals surface area contributed by atoms with Crippen LogP contribution in [0.2, 0.25) is 0 Å². The molecule has 0 N–H and O–H groups in total. The van der Waals surface area contributed by atoms with Gasteiger partial charge < -0.3 is 4.74 Å². The third-order valence-electron chi connectivity index (χ3n) is 3.65. The van der Waals surface area contributed by atoms with Gasteiger partial charge in [-0.05, 0) is 38.0 Å². The van der Waals surface area contributed by atoms with E-state index in [0.717, 1.165) is 19.3 Å². The quantitative estimate of drug-likeness (QED) is 0.527. The van der Waals surface area contributed by atoms with Crippen LogP contribution < -0.4 is 0 Å². The van der Waals surface area contributed by atoms with Gasteiger partial charge in [0.25, 0.3) is 0 Å². The molecule has 0 aromatic carbocycles. The second kappa shape index (κ2) is 4.38. The second-order valence-corrected chi connectivity index (χ2v) is 5.07. The molecule has 1 fully saturated rings.